The quantitative estimate of drug-likeness (QED) is 0.760. The molecule has 3 aromatic rings. The molecular weight excluding hydrogens is 290 g/mol. The third-order valence-corrected chi connectivity index (χ3v) is 4.11. The number of anilines is 1. The lowest BCUT2D eigenvalue weighted by Crippen LogP contribution is -2.26. The van der Waals surface area contributed by atoms with Crippen molar-refractivity contribution in [2.24, 2.45) is 0 Å². The number of aromatic hydroxyl groups is 1. The molecule has 2 aromatic carbocycles. The van der Waals surface area contributed by atoms with Crippen LogP contribution >= 0.6 is 0 Å². The van der Waals surface area contributed by atoms with Crippen molar-refractivity contribution in [2.75, 3.05) is 12.4 Å². The van der Waals surface area contributed by atoms with E-state index >= 15 is 0 Å². The topological polar surface area (TPSA) is 59.3 Å². The van der Waals surface area contributed by atoms with Crippen LogP contribution < -0.4 is 10.1 Å². The molecule has 0 aliphatic carbocycles. The lowest BCUT2D eigenvalue weighted by Gasteiger charge is -2.30. The normalized spacial score (nSPS) is 15.5. The number of aromatic nitrogens is 2. The Kier molecular flexibility index (Phi) is 3.01. The number of ether oxygens (including phenoxy) is 1. The first-order valence-electron chi connectivity index (χ1n) is 7.46. The van der Waals surface area contributed by atoms with E-state index in [0.717, 1.165) is 28.2 Å². The monoisotopic (exact) mass is 307 g/mol. The molecule has 0 bridgehead atoms. The summed E-state index contributed by atoms with van der Waals surface area (Å²) in [5.41, 5.74) is 5.13. The smallest absolute Gasteiger partial charge is 0.150 e. The number of aryl methyl sites for hydroxylation is 1. The number of phenolic OH excluding ortho intramolecular Hbond substituents is 1. The molecule has 4 rings (SSSR count). The van der Waals surface area contributed by atoms with Crippen molar-refractivity contribution >= 4 is 5.69 Å². The molecule has 23 heavy (non-hydrogen) atoms. The van der Waals surface area contributed by atoms with E-state index < -0.39 is 0 Å². The number of benzene rings is 2. The van der Waals surface area contributed by atoms with Crippen LogP contribution in [0.3, 0.4) is 0 Å². The Hall–Kier alpha value is -2.95. The fourth-order valence-electron chi connectivity index (χ4n) is 3.09. The minimum atomic E-state index is -0.191. The second kappa shape index (κ2) is 5.05. The molecule has 2 N–H and O–H groups in total. The van der Waals surface area contributed by atoms with Crippen LogP contribution in [0, 0.1) is 6.92 Å². The van der Waals surface area contributed by atoms with Gasteiger partial charge in [0.2, 0.25) is 0 Å². The number of nitrogens with one attached hydrogen (secondary N) is 1. The first kappa shape index (κ1) is 13.7. The largest absolute Gasteiger partial charge is 0.508 e. The number of hydrogen-bond donors (Lipinski definition) is 2. The fraction of sp³-hybridized carbons (Fsp3) is 0.167. The number of phenols is 1. The molecule has 0 saturated carbocycles. The summed E-state index contributed by atoms with van der Waals surface area (Å²) >= 11 is 0. The Morgan fingerprint density at radius 2 is 2.00 bits per heavy atom. The lowest BCUT2D eigenvalue weighted by molar-refractivity contribution is 0.395. The molecule has 116 valence electrons. The summed E-state index contributed by atoms with van der Waals surface area (Å²) < 4.78 is 7.41. The third kappa shape index (κ3) is 2.12. The van der Waals surface area contributed by atoms with E-state index in [9.17, 15) is 5.11 Å². The van der Waals surface area contributed by atoms with E-state index in [2.05, 4.69) is 28.6 Å². The van der Waals surface area contributed by atoms with E-state index in [0.29, 0.717) is 5.75 Å². The minimum absolute atomic E-state index is 0.179. The first-order chi connectivity index (χ1) is 11.2. The Labute approximate surface area is 134 Å². The molecule has 0 spiro atoms. The van der Waals surface area contributed by atoms with Crippen LogP contribution in [0.1, 0.15) is 17.4 Å². The molecule has 1 aromatic heterocycles. The zero-order chi connectivity index (χ0) is 16.0. The molecular formula is C18H17N3O2. The second-order valence-corrected chi connectivity index (χ2v) is 5.63. The van der Waals surface area contributed by atoms with E-state index in [1.807, 2.05) is 29.8 Å². The summed E-state index contributed by atoms with van der Waals surface area (Å²) in [4.78, 5) is 0. The van der Waals surface area contributed by atoms with Gasteiger partial charge in [-0.25, -0.2) is 4.68 Å². The molecule has 0 fully saturated rings. The number of rotatable bonds is 2. The average Bonchev–Trinajstić information content (AvgIpc) is 2.96. The van der Waals surface area contributed by atoms with E-state index in [1.165, 1.54) is 0 Å². The number of nitrogens with zero attached hydrogens (tertiary/aromatic N) is 2. The van der Waals surface area contributed by atoms with Crippen LogP contribution in [0.25, 0.3) is 11.3 Å². The zero-order valence-corrected chi connectivity index (χ0v) is 12.9. The molecule has 0 saturated heterocycles. The Morgan fingerprint density at radius 3 is 2.83 bits per heavy atom. The number of methoxy groups -OCH3 is 1. The van der Waals surface area contributed by atoms with E-state index in [4.69, 9.17) is 4.74 Å². The first-order valence-corrected chi connectivity index (χ1v) is 7.46. The number of para-hydroxylation sites is 1. The Bertz CT molecular complexity index is 886. The summed E-state index contributed by atoms with van der Waals surface area (Å²) in [6.07, 6.45) is -0.191. The standard InChI is InChI=1S/C18H17N3O2/c1-11-9-16-13-5-3-4-6-15(13)19-18(21(16)20-11)14-8-7-12(22)10-17(14)23-2/h3-10,18-19,22H,1-2H3/t18-/m1/s1. The molecule has 5 nitrogen and oxygen atoms in total. The maximum absolute atomic E-state index is 9.70. The van der Waals surface area contributed by atoms with Gasteiger partial charge in [-0.2, -0.15) is 5.10 Å². The van der Waals surface area contributed by atoms with Crippen LogP contribution in [0.2, 0.25) is 0 Å². The van der Waals surface area contributed by atoms with Gasteiger partial charge in [0.15, 0.2) is 6.17 Å². The average molecular weight is 307 g/mol. The summed E-state index contributed by atoms with van der Waals surface area (Å²) in [6, 6.07) is 15.4. The fourth-order valence-corrected chi connectivity index (χ4v) is 3.09. The predicted molar refractivity (Wildman–Crippen MR) is 88.8 cm³/mol. The van der Waals surface area contributed by atoms with Crippen LogP contribution in [0.4, 0.5) is 5.69 Å². The minimum Gasteiger partial charge on any atom is -0.508 e. The van der Waals surface area contributed by atoms with Crippen LogP contribution in [0.15, 0.2) is 48.5 Å². The van der Waals surface area contributed by atoms with Gasteiger partial charge in [0.1, 0.15) is 11.5 Å². The summed E-state index contributed by atoms with van der Waals surface area (Å²) in [7, 11) is 1.60. The molecule has 1 aliphatic rings. The summed E-state index contributed by atoms with van der Waals surface area (Å²) in [6.45, 7) is 1.99. The zero-order valence-electron chi connectivity index (χ0n) is 12.9. The highest BCUT2D eigenvalue weighted by molar-refractivity contribution is 5.79. The van der Waals surface area contributed by atoms with Gasteiger partial charge in [0.05, 0.1) is 18.5 Å². The van der Waals surface area contributed by atoms with Crippen LogP contribution in [-0.2, 0) is 0 Å². The van der Waals surface area contributed by atoms with Crippen molar-refractivity contribution in [3.05, 3.63) is 59.8 Å². The third-order valence-electron chi connectivity index (χ3n) is 4.11. The second-order valence-electron chi connectivity index (χ2n) is 5.63. The number of fused-ring (bicyclic) bond motifs is 3. The van der Waals surface area contributed by atoms with Crippen LogP contribution in [0.5, 0.6) is 11.5 Å². The number of hydrogen-bond acceptors (Lipinski definition) is 4. The van der Waals surface area contributed by atoms with Crippen molar-refractivity contribution in [2.45, 2.75) is 13.1 Å². The summed E-state index contributed by atoms with van der Waals surface area (Å²) in [5, 5.41) is 17.9. The van der Waals surface area contributed by atoms with Gasteiger partial charge in [-0.3, -0.25) is 0 Å². The molecule has 1 atom stereocenters. The molecule has 0 unspecified atom stereocenters. The molecule has 2 heterocycles. The Balaban J connectivity index is 1.92. The van der Waals surface area contributed by atoms with Crippen LogP contribution in [-0.4, -0.2) is 22.0 Å². The molecule has 0 radical (unpaired) electrons. The highest BCUT2D eigenvalue weighted by Gasteiger charge is 2.28. The van der Waals surface area contributed by atoms with Crippen molar-refractivity contribution < 1.29 is 9.84 Å². The maximum atomic E-state index is 9.70. The maximum Gasteiger partial charge on any atom is 0.150 e. The van der Waals surface area contributed by atoms with Gasteiger partial charge in [0.25, 0.3) is 0 Å². The van der Waals surface area contributed by atoms with Crippen molar-refractivity contribution in [3.63, 3.8) is 0 Å². The van der Waals surface area contributed by atoms with Crippen molar-refractivity contribution in [3.8, 4) is 22.8 Å². The van der Waals surface area contributed by atoms with Gasteiger partial charge in [-0.1, -0.05) is 18.2 Å². The SMILES string of the molecule is COc1cc(O)ccc1[C@@H]1Nc2ccccc2-c2cc(C)nn21. The van der Waals surface area contributed by atoms with Gasteiger partial charge in [-0.15, -0.1) is 0 Å². The van der Waals surface area contributed by atoms with E-state index in [-0.39, 0.29) is 11.9 Å². The lowest BCUT2D eigenvalue weighted by atomic mass is 10.0. The van der Waals surface area contributed by atoms with Crippen molar-refractivity contribution in [1.29, 1.82) is 0 Å². The Morgan fingerprint density at radius 1 is 1.17 bits per heavy atom. The van der Waals surface area contributed by atoms with Gasteiger partial charge < -0.3 is 15.2 Å². The molecule has 1 aliphatic heterocycles. The van der Waals surface area contributed by atoms with Crippen molar-refractivity contribution in [1.82, 2.24) is 9.78 Å². The predicted octanol–water partition coefficient (Wildman–Crippen LogP) is 3.55. The molecule has 0 amide bonds. The highest BCUT2D eigenvalue weighted by Crippen LogP contribution is 2.41. The molecule has 5 heteroatoms. The van der Waals surface area contributed by atoms with Gasteiger partial charge >= 0.3 is 0 Å². The van der Waals surface area contributed by atoms with Gasteiger partial charge in [0, 0.05) is 22.9 Å². The van der Waals surface area contributed by atoms with E-state index in [1.54, 1.807) is 19.2 Å². The summed E-state index contributed by atoms with van der Waals surface area (Å²) in [5.74, 6) is 0.805. The van der Waals surface area contributed by atoms with Gasteiger partial charge in [-0.05, 0) is 31.2 Å². The highest BCUT2D eigenvalue weighted by atomic mass is 16.5.